The van der Waals surface area contributed by atoms with Crippen LogP contribution in [0.1, 0.15) is 36.3 Å². The van der Waals surface area contributed by atoms with Gasteiger partial charge in [-0.05, 0) is 67.1 Å². The van der Waals surface area contributed by atoms with Crippen LogP contribution in [0, 0.1) is 6.92 Å². The van der Waals surface area contributed by atoms with E-state index in [9.17, 15) is 13.2 Å². The Kier molecular flexibility index (Phi) is 6.20. The molecule has 4 rings (SSSR count). The van der Waals surface area contributed by atoms with Gasteiger partial charge in [0.15, 0.2) is 6.10 Å². The predicted octanol–water partition coefficient (Wildman–Crippen LogP) is 3.41. The fourth-order valence-corrected chi connectivity index (χ4v) is 4.09. The van der Waals surface area contributed by atoms with Crippen LogP contribution < -0.4 is 14.4 Å². The number of hydrogen-bond acceptors (Lipinski definition) is 6. The summed E-state index contributed by atoms with van der Waals surface area (Å²) in [5, 5.41) is 0. The number of amides is 1. The first-order valence-corrected chi connectivity index (χ1v) is 12.3. The third-order valence-corrected chi connectivity index (χ3v) is 6.07. The first-order chi connectivity index (χ1) is 14.8. The number of nitrogens with zero attached hydrogens (tertiary/aromatic N) is 1. The second kappa shape index (κ2) is 8.88. The molecule has 2 fully saturated rings. The van der Waals surface area contributed by atoms with Gasteiger partial charge in [0.25, 0.3) is 16.0 Å². The minimum absolute atomic E-state index is 0.0503. The van der Waals surface area contributed by atoms with Crippen molar-refractivity contribution in [3.05, 3.63) is 53.6 Å². The zero-order chi connectivity index (χ0) is 22.0. The quantitative estimate of drug-likeness (QED) is 0.435. The zero-order valence-electron chi connectivity index (χ0n) is 17.7. The second-order valence-corrected chi connectivity index (χ2v) is 9.70. The van der Waals surface area contributed by atoms with Crippen molar-refractivity contribution in [1.29, 1.82) is 0 Å². The van der Waals surface area contributed by atoms with Gasteiger partial charge in [0.1, 0.15) is 24.7 Å². The number of anilines is 1. The van der Waals surface area contributed by atoms with Crippen LogP contribution in [0.4, 0.5) is 5.69 Å². The van der Waals surface area contributed by atoms with Crippen molar-refractivity contribution < 1.29 is 26.9 Å². The summed E-state index contributed by atoms with van der Waals surface area (Å²) in [5.41, 5.74) is 2.98. The van der Waals surface area contributed by atoms with Crippen molar-refractivity contribution in [1.82, 2.24) is 0 Å². The number of carbonyl (C=O) groups excluding carboxylic acids is 1. The Morgan fingerprint density at radius 1 is 1.03 bits per heavy atom. The molecule has 2 aliphatic rings. The molecule has 31 heavy (non-hydrogen) atoms. The van der Waals surface area contributed by atoms with Crippen LogP contribution in [0.3, 0.4) is 0 Å². The number of aryl methyl sites for hydroxylation is 1. The van der Waals surface area contributed by atoms with Gasteiger partial charge in [-0.25, -0.2) is 0 Å². The Bertz CT molecular complexity index is 1050. The van der Waals surface area contributed by atoms with E-state index < -0.39 is 16.2 Å². The molecule has 7 nitrogen and oxygen atoms in total. The average Bonchev–Trinajstić information content (AvgIpc) is 3.51. The Morgan fingerprint density at radius 2 is 1.77 bits per heavy atom. The Labute approximate surface area is 183 Å². The summed E-state index contributed by atoms with van der Waals surface area (Å²) in [7, 11) is -3.48. The maximum absolute atomic E-state index is 12.9. The first-order valence-electron chi connectivity index (χ1n) is 10.5. The lowest BCUT2D eigenvalue weighted by Gasteiger charge is -2.19. The number of hydrogen-bond donors (Lipinski definition) is 0. The van der Waals surface area contributed by atoms with Crippen LogP contribution in [0.15, 0.2) is 42.5 Å². The van der Waals surface area contributed by atoms with E-state index >= 15 is 0 Å². The maximum Gasteiger partial charge on any atom is 0.268 e. The topological polar surface area (TPSA) is 82.1 Å². The molecule has 0 radical (unpaired) electrons. The number of carbonyl (C=O) groups is 1. The van der Waals surface area contributed by atoms with Gasteiger partial charge in [-0.1, -0.05) is 12.1 Å². The van der Waals surface area contributed by atoms with Gasteiger partial charge in [0, 0.05) is 18.7 Å². The van der Waals surface area contributed by atoms with Crippen molar-refractivity contribution in [3.63, 3.8) is 0 Å². The highest BCUT2D eigenvalue weighted by Gasteiger charge is 2.34. The lowest BCUT2D eigenvalue weighted by Crippen LogP contribution is -2.32. The van der Waals surface area contributed by atoms with E-state index in [-0.39, 0.29) is 19.1 Å². The normalized spacial score (nSPS) is 19.0. The molecule has 1 heterocycles. The molecule has 0 aromatic heterocycles. The highest BCUT2D eigenvalue weighted by Crippen LogP contribution is 2.40. The van der Waals surface area contributed by atoms with Crippen LogP contribution in [0.25, 0.3) is 0 Å². The van der Waals surface area contributed by atoms with Crippen molar-refractivity contribution in [2.45, 2.75) is 38.2 Å². The summed E-state index contributed by atoms with van der Waals surface area (Å²) in [6.07, 6.45) is 3.65. The van der Waals surface area contributed by atoms with E-state index in [0.717, 1.165) is 23.3 Å². The molecule has 1 atom stereocenters. The summed E-state index contributed by atoms with van der Waals surface area (Å²) in [5.74, 6) is 1.98. The highest BCUT2D eigenvalue weighted by molar-refractivity contribution is 7.85. The molecule has 0 unspecified atom stereocenters. The van der Waals surface area contributed by atoms with E-state index in [0.29, 0.717) is 24.6 Å². The summed E-state index contributed by atoms with van der Waals surface area (Å²) < 4.78 is 38.2. The molecular formula is C23H27NO6S. The molecule has 0 N–H and O–H groups in total. The molecule has 2 aromatic carbocycles. The average molecular weight is 446 g/mol. The van der Waals surface area contributed by atoms with E-state index in [1.54, 1.807) is 11.0 Å². The molecular weight excluding hydrogens is 418 g/mol. The van der Waals surface area contributed by atoms with Gasteiger partial charge >= 0.3 is 0 Å². The Morgan fingerprint density at radius 3 is 2.42 bits per heavy atom. The van der Waals surface area contributed by atoms with Gasteiger partial charge in [0.05, 0.1) is 6.26 Å². The van der Waals surface area contributed by atoms with Crippen LogP contribution in [-0.4, -0.2) is 46.4 Å². The summed E-state index contributed by atoms with van der Waals surface area (Å²) in [6.45, 7) is 2.54. The molecule has 1 saturated heterocycles. The zero-order valence-corrected chi connectivity index (χ0v) is 18.6. The minimum Gasteiger partial charge on any atom is -0.491 e. The fraction of sp³-hybridized carbons (Fsp3) is 0.435. The van der Waals surface area contributed by atoms with Crippen LogP contribution in [-0.2, 0) is 19.1 Å². The van der Waals surface area contributed by atoms with Crippen molar-refractivity contribution in [3.8, 4) is 11.5 Å². The van der Waals surface area contributed by atoms with Crippen molar-refractivity contribution >= 4 is 21.7 Å². The van der Waals surface area contributed by atoms with E-state index in [2.05, 4.69) is 16.3 Å². The predicted molar refractivity (Wildman–Crippen MR) is 117 cm³/mol. The lowest BCUT2D eigenvalue weighted by atomic mass is 10.1. The summed E-state index contributed by atoms with van der Waals surface area (Å²) in [6, 6.07) is 13.6. The van der Waals surface area contributed by atoms with Crippen LogP contribution in [0.2, 0.25) is 0 Å². The molecule has 1 saturated carbocycles. The Hall–Kier alpha value is -2.58. The summed E-state index contributed by atoms with van der Waals surface area (Å²) >= 11 is 0. The van der Waals surface area contributed by atoms with Gasteiger partial charge in [-0.3, -0.25) is 8.98 Å². The molecule has 1 aliphatic carbocycles. The molecule has 0 bridgehead atoms. The van der Waals surface area contributed by atoms with Gasteiger partial charge in [0.2, 0.25) is 0 Å². The van der Waals surface area contributed by atoms with Crippen LogP contribution in [0.5, 0.6) is 11.5 Å². The number of rotatable bonds is 9. The maximum atomic E-state index is 12.9. The van der Waals surface area contributed by atoms with E-state index in [1.807, 2.05) is 31.2 Å². The minimum atomic E-state index is -3.48. The number of benzene rings is 2. The third-order valence-electron chi connectivity index (χ3n) is 5.47. The highest BCUT2D eigenvalue weighted by atomic mass is 32.2. The van der Waals surface area contributed by atoms with Gasteiger partial charge < -0.3 is 14.4 Å². The Balaban J connectivity index is 1.34. The number of ether oxygens (including phenoxy) is 2. The monoisotopic (exact) mass is 445 g/mol. The largest absolute Gasteiger partial charge is 0.491 e. The first kappa shape index (κ1) is 21.6. The van der Waals surface area contributed by atoms with Crippen LogP contribution >= 0.6 is 0 Å². The summed E-state index contributed by atoms with van der Waals surface area (Å²) in [4.78, 5) is 14.6. The smallest absolute Gasteiger partial charge is 0.268 e. The van der Waals surface area contributed by atoms with E-state index in [1.165, 1.54) is 18.4 Å². The SMILES string of the molecule is Cc1cc(N2CC[C@@H](Oc3ccc(C4CC4)cc3)C2=O)ccc1OCCOS(C)(=O)=O. The third kappa shape index (κ3) is 5.57. The van der Waals surface area contributed by atoms with E-state index in [4.69, 9.17) is 9.47 Å². The van der Waals surface area contributed by atoms with Crippen molar-refractivity contribution in [2.75, 3.05) is 30.9 Å². The van der Waals surface area contributed by atoms with Gasteiger partial charge in [-0.2, -0.15) is 8.42 Å². The molecule has 2 aromatic rings. The van der Waals surface area contributed by atoms with Crippen molar-refractivity contribution in [2.24, 2.45) is 0 Å². The lowest BCUT2D eigenvalue weighted by molar-refractivity contribution is -0.122. The standard InChI is InChI=1S/C23H27NO6S/c1-16-15-19(7-10-21(16)28-13-14-29-31(2,26)27)24-12-11-22(23(24)25)30-20-8-5-18(6-9-20)17-3-4-17/h5-10,15,17,22H,3-4,11-14H2,1-2H3/t22-/m1/s1. The molecule has 1 amide bonds. The van der Waals surface area contributed by atoms with Gasteiger partial charge in [-0.15, -0.1) is 0 Å². The second-order valence-electron chi connectivity index (χ2n) is 8.05. The molecule has 1 aliphatic heterocycles. The fourth-order valence-electron chi connectivity index (χ4n) is 3.72. The molecule has 166 valence electrons. The molecule has 0 spiro atoms. The molecule has 8 heteroatoms.